The number of amides is 1. The van der Waals surface area contributed by atoms with Gasteiger partial charge in [0.2, 0.25) is 0 Å². The Morgan fingerprint density at radius 3 is 2.84 bits per heavy atom. The minimum absolute atomic E-state index is 0.222. The average molecular weight is 358 g/mol. The molecule has 0 aliphatic rings. The molecular formula is C19H19FN2O2S. The number of hydrogen-bond acceptors (Lipinski definition) is 3. The zero-order chi connectivity index (χ0) is 17.8. The summed E-state index contributed by atoms with van der Waals surface area (Å²) in [5, 5.41) is 12.4. The average Bonchev–Trinajstić information content (AvgIpc) is 3.22. The van der Waals surface area contributed by atoms with Gasteiger partial charge in [0.15, 0.2) is 0 Å². The molecule has 0 spiro atoms. The molecular weight excluding hydrogens is 339 g/mol. The van der Waals surface area contributed by atoms with Gasteiger partial charge in [-0.25, -0.2) is 4.39 Å². The number of halogens is 1. The van der Waals surface area contributed by atoms with Crippen LogP contribution >= 0.6 is 11.3 Å². The standard InChI is InChI=1S/C19H19FN2O2S/c1-12-5-6-18(25-12)16-9-21-10-17(16)19(24)22-15(11-23)8-13-3-2-4-14(20)7-13/h2-7,9-10,15,21,23H,8,11H2,1H3,(H,22,24). The summed E-state index contributed by atoms with van der Waals surface area (Å²) in [6, 6.07) is 9.67. The van der Waals surface area contributed by atoms with Gasteiger partial charge in [0.25, 0.3) is 5.91 Å². The number of rotatable bonds is 6. The largest absolute Gasteiger partial charge is 0.394 e. The Hall–Kier alpha value is -2.44. The highest BCUT2D eigenvalue weighted by atomic mass is 32.1. The molecule has 1 amide bonds. The maximum absolute atomic E-state index is 13.3. The van der Waals surface area contributed by atoms with E-state index in [0.29, 0.717) is 12.0 Å². The highest BCUT2D eigenvalue weighted by Crippen LogP contribution is 2.30. The number of carbonyl (C=O) groups is 1. The summed E-state index contributed by atoms with van der Waals surface area (Å²) in [5.74, 6) is -0.598. The number of aromatic nitrogens is 1. The van der Waals surface area contributed by atoms with Crippen LogP contribution in [0.25, 0.3) is 10.4 Å². The fourth-order valence-corrected chi connectivity index (χ4v) is 3.61. The van der Waals surface area contributed by atoms with Gasteiger partial charge in [-0.2, -0.15) is 0 Å². The fourth-order valence-electron chi connectivity index (χ4n) is 2.71. The molecule has 0 saturated carbocycles. The van der Waals surface area contributed by atoms with Crippen LogP contribution in [-0.2, 0) is 6.42 Å². The van der Waals surface area contributed by atoms with Crippen molar-refractivity contribution in [3.05, 3.63) is 70.6 Å². The molecule has 2 aromatic heterocycles. The molecule has 0 saturated heterocycles. The third-order valence-electron chi connectivity index (χ3n) is 3.92. The first-order chi connectivity index (χ1) is 12.1. The molecule has 25 heavy (non-hydrogen) atoms. The number of aromatic amines is 1. The van der Waals surface area contributed by atoms with Crippen molar-refractivity contribution in [3.8, 4) is 10.4 Å². The zero-order valence-corrected chi connectivity index (χ0v) is 14.6. The Morgan fingerprint density at radius 2 is 2.16 bits per heavy atom. The molecule has 0 radical (unpaired) electrons. The smallest absolute Gasteiger partial charge is 0.253 e. The molecule has 1 atom stereocenters. The fraction of sp³-hybridized carbons (Fsp3) is 0.211. The highest BCUT2D eigenvalue weighted by molar-refractivity contribution is 7.15. The second kappa shape index (κ2) is 7.63. The number of aliphatic hydroxyl groups excluding tert-OH is 1. The van der Waals surface area contributed by atoms with E-state index < -0.39 is 6.04 Å². The molecule has 4 nitrogen and oxygen atoms in total. The van der Waals surface area contributed by atoms with Gasteiger partial charge >= 0.3 is 0 Å². The lowest BCUT2D eigenvalue weighted by Gasteiger charge is -2.16. The Balaban J connectivity index is 1.74. The van der Waals surface area contributed by atoms with Gasteiger partial charge in [0.05, 0.1) is 18.2 Å². The van der Waals surface area contributed by atoms with E-state index >= 15 is 0 Å². The van der Waals surface area contributed by atoms with E-state index in [4.69, 9.17) is 0 Å². The van der Waals surface area contributed by atoms with Gasteiger partial charge < -0.3 is 15.4 Å². The van der Waals surface area contributed by atoms with Crippen LogP contribution in [0.1, 0.15) is 20.8 Å². The summed E-state index contributed by atoms with van der Waals surface area (Å²) in [6.45, 7) is 1.79. The molecule has 0 bridgehead atoms. The summed E-state index contributed by atoms with van der Waals surface area (Å²) < 4.78 is 13.3. The van der Waals surface area contributed by atoms with E-state index in [1.165, 1.54) is 17.0 Å². The van der Waals surface area contributed by atoms with Crippen molar-refractivity contribution in [3.63, 3.8) is 0 Å². The van der Waals surface area contributed by atoms with E-state index in [2.05, 4.69) is 10.3 Å². The van der Waals surface area contributed by atoms with Gasteiger partial charge in [0.1, 0.15) is 5.82 Å². The normalized spacial score (nSPS) is 12.1. The van der Waals surface area contributed by atoms with Gasteiger partial charge in [-0.05, 0) is 43.2 Å². The van der Waals surface area contributed by atoms with Crippen LogP contribution in [0.2, 0.25) is 0 Å². The van der Waals surface area contributed by atoms with Crippen LogP contribution in [0.15, 0.2) is 48.8 Å². The Morgan fingerprint density at radius 1 is 1.32 bits per heavy atom. The minimum atomic E-state index is -0.484. The second-order valence-electron chi connectivity index (χ2n) is 5.88. The number of hydrogen-bond donors (Lipinski definition) is 3. The third kappa shape index (κ3) is 4.15. The Labute approximate surface area is 149 Å². The summed E-state index contributed by atoms with van der Waals surface area (Å²) in [7, 11) is 0. The molecule has 130 valence electrons. The SMILES string of the molecule is Cc1ccc(-c2c[nH]cc2C(=O)NC(CO)Cc2cccc(F)c2)s1. The molecule has 1 aromatic carbocycles. The van der Waals surface area contributed by atoms with Crippen LogP contribution in [0, 0.1) is 12.7 Å². The quantitative estimate of drug-likeness (QED) is 0.631. The van der Waals surface area contributed by atoms with Crippen molar-refractivity contribution >= 4 is 17.2 Å². The van der Waals surface area contributed by atoms with Crippen LogP contribution in [0.4, 0.5) is 4.39 Å². The topological polar surface area (TPSA) is 65.1 Å². The summed E-state index contributed by atoms with van der Waals surface area (Å²) in [5.41, 5.74) is 2.08. The van der Waals surface area contributed by atoms with Gasteiger partial charge in [-0.1, -0.05) is 12.1 Å². The van der Waals surface area contributed by atoms with E-state index in [-0.39, 0.29) is 18.3 Å². The number of benzene rings is 1. The predicted molar refractivity (Wildman–Crippen MR) is 97.3 cm³/mol. The number of H-pyrrole nitrogens is 1. The monoisotopic (exact) mass is 358 g/mol. The molecule has 6 heteroatoms. The molecule has 3 N–H and O–H groups in total. The zero-order valence-electron chi connectivity index (χ0n) is 13.8. The molecule has 0 aliphatic carbocycles. The van der Waals surface area contributed by atoms with Gasteiger partial charge in [0, 0.05) is 27.7 Å². The number of nitrogens with one attached hydrogen (secondary N) is 2. The summed E-state index contributed by atoms with van der Waals surface area (Å²) in [4.78, 5) is 17.8. The van der Waals surface area contributed by atoms with Crippen molar-refractivity contribution in [2.24, 2.45) is 0 Å². The molecule has 3 rings (SSSR count). The van der Waals surface area contributed by atoms with Gasteiger partial charge in [-0.15, -0.1) is 11.3 Å². The van der Waals surface area contributed by atoms with Crippen LogP contribution < -0.4 is 5.32 Å². The third-order valence-corrected chi connectivity index (χ3v) is 4.96. The van der Waals surface area contributed by atoms with E-state index in [1.54, 1.807) is 35.9 Å². The number of aliphatic hydroxyl groups is 1. The maximum Gasteiger partial charge on any atom is 0.253 e. The summed E-state index contributed by atoms with van der Waals surface area (Å²) in [6.07, 6.45) is 3.80. The molecule has 0 fully saturated rings. The first-order valence-electron chi connectivity index (χ1n) is 7.96. The van der Waals surface area contributed by atoms with Crippen molar-refractivity contribution in [2.45, 2.75) is 19.4 Å². The first kappa shape index (κ1) is 17.4. The van der Waals surface area contributed by atoms with Crippen molar-refractivity contribution in [2.75, 3.05) is 6.61 Å². The summed E-state index contributed by atoms with van der Waals surface area (Å²) >= 11 is 1.61. The highest BCUT2D eigenvalue weighted by Gasteiger charge is 2.19. The number of carbonyl (C=O) groups excluding carboxylic acids is 1. The van der Waals surface area contributed by atoms with Crippen molar-refractivity contribution < 1.29 is 14.3 Å². The molecule has 3 aromatic rings. The van der Waals surface area contributed by atoms with Crippen molar-refractivity contribution in [1.29, 1.82) is 0 Å². The second-order valence-corrected chi connectivity index (χ2v) is 7.17. The van der Waals surface area contributed by atoms with Crippen molar-refractivity contribution in [1.82, 2.24) is 10.3 Å². The van der Waals surface area contributed by atoms with Gasteiger partial charge in [-0.3, -0.25) is 4.79 Å². The Kier molecular flexibility index (Phi) is 5.31. The van der Waals surface area contributed by atoms with Crippen LogP contribution in [-0.4, -0.2) is 28.6 Å². The molecule has 2 heterocycles. The lowest BCUT2D eigenvalue weighted by Crippen LogP contribution is -2.39. The van der Waals surface area contributed by atoms with E-state index in [9.17, 15) is 14.3 Å². The lowest BCUT2D eigenvalue weighted by molar-refractivity contribution is 0.0917. The lowest BCUT2D eigenvalue weighted by atomic mass is 10.1. The van der Waals surface area contributed by atoms with E-state index in [1.807, 2.05) is 19.1 Å². The maximum atomic E-state index is 13.3. The number of aryl methyl sites for hydroxylation is 1. The molecule has 1 unspecified atom stereocenters. The minimum Gasteiger partial charge on any atom is -0.394 e. The number of thiophene rings is 1. The molecule has 0 aliphatic heterocycles. The predicted octanol–water partition coefficient (Wildman–Crippen LogP) is 3.52. The Bertz CT molecular complexity index is 872. The van der Waals surface area contributed by atoms with E-state index in [0.717, 1.165) is 16.0 Å². The first-order valence-corrected chi connectivity index (χ1v) is 8.78. The van der Waals surface area contributed by atoms with Crippen LogP contribution in [0.3, 0.4) is 0 Å². The van der Waals surface area contributed by atoms with Crippen LogP contribution in [0.5, 0.6) is 0 Å².